The average molecular weight is 307 g/mol. The van der Waals surface area contributed by atoms with E-state index in [0.29, 0.717) is 29.6 Å². The highest BCUT2D eigenvalue weighted by Crippen LogP contribution is 2.32. The number of ketones is 1. The fourth-order valence-electron chi connectivity index (χ4n) is 2.47. The van der Waals surface area contributed by atoms with Crippen molar-refractivity contribution in [2.24, 2.45) is 0 Å². The Morgan fingerprint density at radius 1 is 1.38 bits per heavy atom. The monoisotopic (exact) mass is 307 g/mol. The van der Waals surface area contributed by atoms with Crippen LogP contribution >= 0.6 is 11.3 Å². The first-order valence-corrected chi connectivity index (χ1v) is 7.79. The van der Waals surface area contributed by atoms with Crippen LogP contribution in [0.4, 0.5) is 5.13 Å². The number of carbonyl (C=O) groups excluding carboxylic acids is 2. The summed E-state index contributed by atoms with van der Waals surface area (Å²) in [6.45, 7) is 4.49. The summed E-state index contributed by atoms with van der Waals surface area (Å²) in [5.74, 6) is -0.130. The third kappa shape index (κ3) is 3.14. The summed E-state index contributed by atoms with van der Waals surface area (Å²) in [5.41, 5.74) is 1.62. The number of ether oxygens (including phenoxy) is 1. The van der Waals surface area contributed by atoms with Gasteiger partial charge in [-0.25, -0.2) is 4.98 Å². The van der Waals surface area contributed by atoms with Crippen molar-refractivity contribution in [1.82, 2.24) is 9.88 Å². The van der Waals surface area contributed by atoms with Gasteiger partial charge in [0.2, 0.25) is 11.7 Å². The summed E-state index contributed by atoms with van der Waals surface area (Å²) in [7, 11) is 0. The number of thiazole rings is 1. The smallest absolute Gasteiger partial charge is 0.223 e. The summed E-state index contributed by atoms with van der Waals surface area (Å²) in [4.78, 5) is 30.7. The largest absolute Gasteiger partial charge is 0.378 e. The number of hydrogen-bond donors (Lipinski definition) is 1. The van der Waals surface area contributed by atoms with Crippen LogP contribution in [0, 0.1) is 0 Å². The van der Waals surface area contributed by atoms with Crippen molar-refractivity contribution in [3.63, 3.8) is 0 Å². The highest BCUT2D eigenvalue weighted by Gasteiger charge is 2.27. The second-order valence-electron chi connectivity index (χ2n) is 5.11. The van der Waals surface area contributed by atoms with Crippen molar-refractivity contribution >= 4 is 28.2 Å². The summed E-state index contributed by atoms with van der Waals surface area (Å²) in [5, 5.41) is 3.16. The van der Waals surface area contributed by atoms with Crippen molar-refractivity contribution in [2.75, 3.05) is 31.6 Å². The van der Waals surface area contributed by atoms with Crippen LogP contribution in [0.2, 0.25) is 0 Å². The van der Waals surface area contributed by atoms with E-state index in [4.69, 9.17) is 4.74 Å². The fraction of sp³-hybridized carbons (Fsp3) is 0.500. The number of allylic oxidation sites excluding steroid dienone is 1. The Kier molecular flexibility index (Phi) is 4.03. The standard InChI is InChI=1S/C14H17N3O3S/c1-9(18)15-14-16-11-3-2-10(12(19)13(11)21-14)8-17-4-6-20-7-5-17/h8H,2-7H2,1H3,(H,15,16,18)/b10-8+. The van der Waals surface area contributed by atoms with E-state index in [1.165, 1.54) is 18.3 Å². The molecule has 2 aliphatic rings. The molecule has 112 valence electrons. The Balaban J connectivity index is 1.79. The lowest BCUT2D eigenvalue weighted by Gasteiger charge is -2.26. The number of nitrogens with zero attached hydrogens (tertiary/aromatic N) is 2. The number of nitrogens with one attached hydrogen (secondary N) is 1. The van der Waals surface area contributed by atoms with Crippen LogP contribution in [0.1, 0.15) is 28.7 Å². The first-order valence-electron chi connectivity index (χ1n) is 6.98. The molecule has 1 saturated heterocycles. The van der Waals surface area contributed by atoms with Gasteiger partial charge < -0.3 is 15.0 Å². The Morgan fingerprint density at radius 3 is 2.86 bits per heavy atom. The highest BCUT2D eigenvalue weighted by molar-refractivity contribution is 7.18. The number of fused-ring (bicyclic) bond motifs is 1. The van der Waals surface area contributed by atoms with Gasteiger partial charge in [-0.1, -0.05) is 11.3 Å². The molecule has 3 rings (SSSR count). The normalized spacial score (nSPS) is 20.5. The average Bonchev–Trinajstić information content (AvgIpc) is 2.86. The molecule has 2 heterocycles. The van der Waals surface area contributed by atoms with E-state index in [1.807, 2.05) is 6.20 Å². The van der Waals surface area contributed by atoms with Crippen LogP contribution in [0.3, 0.4) is 0 Å². The lowest BCUT2D eigenvalue weighted by atomic mass is 9.96. The molecule has 1 amide bonds. The molecule has 0 saturated carbocycles. The number of amides is 1. The number of aryl methyl sites for hydroxylation is 1. The predicted molar refractivity (Wildman–Crippen MR) is 79.5 cm³/mol. The third-order valence-corrected chi connectivity index (χ3v) is 4.51. The van der Waals surface area contributed by atoms with Gasteiger partial charge in [0.15, 0.2) is 5.13 Å². The summed E-state index contributed by atoms with van der Waals surface area (Å²) >= 11 is 1.26. The van der Waals surface area contributed by atoms with Gasteiger partial charge in [0.05, 0.1) is 23.8 Å². The molecule has 1 aliphatic heterocycles. The molecule has 1 aromatic heterocycles. The molecule has 0 radical (unpaired) electrons. The summed E-state index contributed by atoms with van der Waals surface area (Å²) in [6.07, 6.45) is 3.41. The Bertz CT molecular complexity index is 603. The molecular weight excluding hydrogens is 290 g/mol. The molecule has 0 unspecified atom stereocenters. The molecule has 21 heavy (non-hydrogen) atoms. The zero-order valence-corrected chi connectivity index (χ0v) is 12.7. The van der Waals surface area contributed by atoms with Gasteiger partial charge in [-0.05, 0) is 12.8 Å². The lowest BCUT2D eigenvalue weighted by molar-refractivity contribution is -0.114. The van der Waals surface area contributed by atoms with Gasteiger partial charge >= 0.3 is 0 Å². The van der Waals surface area contributed by atoms with Gasteiger partial charge in [-0.3, -0.25) is 9.59 Å². The number of carbonyl (C=O) groups is 2. The molecule has 1 aliphatic carbocycles. The third-order valence-electron chi connectivity index (χ3n) is 3.49. The molecule has 1 fully saturated rings. The van der Waals surface area contributed by atoms with E-state index in [9.17, 15) is 9.59 Å². The van der Waals surface area contributed by atoms with Gasteiger partial charge in [0, 0.05) is 31.8 Å². The van der Waals surface area contributed by atoms with Gasteiger partial charge in [-0.2, -0.15) is 0 Å². The van der Waals surface area contributed by atoms with E-state index in [1.54, 1.807) is 0 Å². The number of morpholine rings is 1. The van der Waals surface area contributed by atoms with Gasteiger partial charge in [0.25, 0.3) is 0 Å². The molecule has 6 nitrogen and oxygen atoms in total. The zero-order chi connectivity index (χ0) is 14.8. The van der Waals surface area contributed by atoms with Crippen molar-refractivity contribution in [2.45, 2.75) is 19.8 Å². The maximum Gasteiger partial charge on any atom is 0.223 e. The van der Waals surface area contributed by atoms with Crippen molar-refractivity contribution in [3.05, 3.63) is 22.3 Å². The predicted octanol–water partition coefficient (Wildman–Crippen LogP) is 1.45. The summed E-state index contributed by atoms with van der Waals surface area (Å²) < 4.78 is 5.31. The second-order valence-corrected chi connectivity index (χ2v) is 6.11. The maximum absolute atomic E-state index is 12.5. The van der Waals surface area contributed by atoms with E-state index in [-0.39, 0.29) is 11.7 Å². The molecule has 0 spiro atoms. The minimum atomic E-state index is -0.169. The number of aromatic nitrogens is 1. The molecule has 7 heteroatoms. The Hall–Kier alpha value is -1.73. The first-order chi connectivity index (χ1) is 10.1. The molecule has 1 aromatic rings. The SMILES string of the molecule is CC(=O)Nc1nc2c(s1)C(=O)/C(=C/N1CCOCC1)CC2. The minimum Gasteiger partial charge on any atom is -0.378 e. The number of hydrogen-bond acceptors (Lipinski definition) is 6. The molecule has 0 bridgehead atoms. The van der Waals surface area contributed by atoms with Gasteiger partial charge in [0.1, 0.15) is 0 Å². The van der Waals surface area contributed by atoms with Crippen molar-refractivity contribution < 1.29 is 14.3 Å². The van der Waals surface area contributed by atoms with Crippen LogP contribution in [0.5, 0.6) is 0 Å². The Labute approximate surface area is 126 Å². The number of rotatable bonds is 2. The van der Waals surface area contributed by atoms with Crippen molar-refractivity contribution in [3.8, 4) is 0 Å². The van der Waals surface area contributed by atoms with E-state index in [2.05, 4.69) is 15.2 Å². The van der Waals surface area contributed by atoms with Crippen molar-refractivity contribution in [1.29, 1.82) is 0 Å². The van der Waals surface area contributed by atoms with E-state index >= 15 is 0 Å². The Morgan fingerprint density at radius 2 is 2.14 bits per heavy atom. The van der Waals surface area contributed by atoms with Crippen LogP contribution in [-0.4, -0.2) is 47.9 Å². The second kappa shape index (κ2) is 5.95. The highest BCUT2D eigenvalue weighted by atomic mass is 32.1. The molecular formula is C14H17N3O3S. The van der Waals surface area contributed by atoms with Crippen LogP contribution in [0.25, 0.3) is 0 Å². The molecule has 1 N–H and O–H groups in total. The summed E-state index contributed by atoms with van der Waals surface area (Å²) in [6, 6.07) is 0. The number of Topliss-reactive ketones (excluding diaryl/α,β-unsaturated/α-hetero) is 1. The van der Waals surface area contributed by atoms with Crippen LogP contribution < -0.4 is 5.32 Å². The molecule has 0 atom stereocenters. The topological polar surface area (TPSA) is 71.5 Å². The number of anilines is 1. The van der Waals surface area contributed by atoms with Crippen LogP contribution in [0.15, 0.2) is 11.8 Å². The fourth-order valence-corrected chi connectivity index (χ4v) is 3.50. The van der Waals surface area contributed by atoms with Gasteiger partial charge in [-0.15, -0.1) is 0 Å². The van der Waals surface area contributed by atoms with Crippen LogP contribution in [-0.2, 0) is 16.0 Å². The zero-order valence-electron chi connectivity index (χ0n) is 11.8. The lowest BCUT2D eigenvalue weighted by Crippen LogP contribution is -2.33. The molecule has 0 aromatic carbocycles. The van der Waals surface area contributed by atoms with E-state index < -0.39 is 0 Å². The maximum atomic E-state index is 12.5. The van der Waals surface area contributed by atoms with E-state index in [0.717, 1.165) is 30.8 Å². The first kappa shape index (κ1) is 14.2. The quantitative estimate of drug-likeness (QED) is 0.837. The minimum absolute atomic E-state index is 0.0387.